The normalized spacial score (nSPS) is 11.0. The van der Waals surface area contributed by atoms with Crippen molar-refractivity contribution in [2.24, 2.45) is 0 Å². The Morgan fingerprint density at radius 3 is 2.77 bits per heavy atom. The van der Waals surface area contributed by atoms with Crippen LogP contribution in [0.4, 0.5) is 0 Å². The topological polar surface area (TPSA) is 88.4 Å². The molecule has 0 saturated carbocycles. The molecule has 26 heavy (non-hydrogen) atoms. The fourth-order valence-corrected chi connectivity index (χ4v) is 3.65. The lowest BCUT2D eigenvalue weighted by molar-refractivity contribution is 0.0949. The van der Waals surface area contributed by atoms with Crippen molar-refractivity contribution < 1.29 is 4.79 Å². The minimum atomic E-state index is -0.264. The first-order valence-electron chi connectivity index (χ1n) is 8.11. The lowest BCUT2D eigenvalue weighted by Gasteiger charge is -2.06. The Bertz CT molecular complexity index is 997. The van der Waals surface area contributed by atoms with Crippen LogP contribution in [0.5, 0.6) is 0 Å². The molecule has 0 spiro atoms. The molecule has 0 radical (unpaired) electrons. The summed E-state index contributed by atoms with van der Waals surface area (Å²) in [5, 5.41) is 6.52. The summed E-state index contributed by atoms with van der Waals surface area (Å²) in [6, 6.07) is 5.06. The number of fused-ring (bicyclic) bond motifs is 1. The molecule has 0 aliphatic rings. The van der Waals surface area contributed by atoms with E-state index in [0.29, 0.717) is 41.0 Å². The molecule has 0 saturated heterocycles. The van der Waals surface area contributed by atoms with Crippen molar-refractivity contribution in [3.05, 3.63) is 61.7 Å². The Morgan fingerprint density at radius 2 is 2.08 bits per heavy atom. The molecule has 7 nitrogen and oxygen atoms in total. The number of thiazole rings is 1. The van der Waals surface area contributed by atoms with E-state index < -0.39 is 0 Å². The van der Waals surface area contributed by atoms with E-state index in [1.54, 1.807) is 12.3 Å². The minimum Gasteiger partial charge on any atom is -0.351 e. The first-order valence-corrected chi connectivity index (χ1v) is 9.30. The molecular formula is C17H18ClN5O2S. The number of rotatable bonds is 6. The van der Waals surface area contributed by atoms with Crippen molar-refractivity contribution in [3.63, 3.8) is 0 Å². The fraction of sp³-hybridized carbons (Fsp3) is 0.294. The summed E-state index contributed by atoms with van der Waals surface area (Å²) >= 11 is 7.14. The Morgan fingerprint density at radius 1 is 1.31 bits per heavy atom. The summed E-state index contributed by atoms with van der Waals surface area (Å²) in [5.41, 5.74) is 1.56. The summed E-state index contributed by atoms with van der Waals surface area (Å²) < 4.78 is 1.37. The van der Waals surface area contributed by atoms with E-state index in [2.05, 4.69) is 20.6 Å². The van der Waals surface area contributed by atoms with Crippen molar-refractivity contribution in [1.82, 2.24) is 25.0 Å². The molecule has 0 bridgehead atoms. The molecule has 3 heterocycles. The van der Waals surface area contributed by atoms with Gasteiger partial charge >= 0.3 is 0 Å². The zero-order valence-electron chi connectivity index (χ0n) is 14.4. The number of pyridine rings is 1. The summed E-state index contributed by atoms with van der Waals surface area (Å²) in [7, 11) is 0. The second-order valence-corrected chi connectivity index (χ2v) is 7.26. The number of hydrogen-bond donors (Lipinski definition) is 2. The van der Waals surface area contributed by atoms with Gasteiger partial charge in [0, 0.05) is 36.8 Å². The SMILES string of the molecule is CCNC(=O)c1c(C)sc2nc(CNCc3ccc(Cl)cn3)cc(=O)n12. The fourth-order valence-electron chi connectivity index (χ4n) is 2.55. The zero-order chi connectivity index (χ0) is 18.7. The van der Waals surface area contributed by atoms with E-state index in [4.69, 9.17) is 11.6 Å². The molecule has 0 aliphatic carbocycles. The molecule has 0 atom stereocenters. The Balaban J connectivity index is 1.79. The van der Waals surface area contributed by atoms with Gasteiger partial charge in [-0.3, -0.25) is 14.6 Å². The van der Waals surface area contributed by atoms with Crippen molar-refractivity contribution in [1.29, 1.82) is 0 Å². The maximum atomic E-state index is 12.5. The highest BCUT2D eigenvalue weighted by Crippen LogP contribution is 2.19. The van der Waals surface area contributed by atoms with Gasteiger partial charge in [0.2, 0.25) is 0 Å². The number of carbonyl (C=O) groups is 1. The van der Waals surface area contributed by atoms with Crippen LogP contribution >= 0.6 is 22.9 Å². The molecule has 2 N–H and O–H groups in total. The highest BCUT2D eigenvalue weighted by Gasteiger charge is 2.18. The molecule has 3 aromatic heterocycles. The summed E-state index contributed by atoms with van der Waals surface area (Å²) in [6.45, 7) is 5.10. The van der Waals surface area contributed by atoms with Crippen molar-refractivity contribution in [2.75, 3.05) is 6.54 Å². The largest absolute Gasteiger partial charge is 0.351 e. The number of aromatic nitrogens is 3. The average Bonchev–Trinajstić information content (AvgIpc) is 2.93. The number of hydrogen-bond acceptors (Lipinski definition) is 6. The number of nitrogens with zero attached hydrogens (tertiary/aromatic N) is 3. The lowest BCUT2D eigenvalue weighted by atomic mass is 10.3. The van der Waals surface area contributed by atoms with E-state index in [9.17, 15) is 9.59 Å². The van der Waals surface area contributed by atoms with Gasteiger partial charge in [-0.05, 0) is 26.0 Å². The second kappa shape index (κ2) is 7.94. The first kappa shape index (κ1) is 18.5. The Labute approximate surface area is 159 Å². The van der Waals surface area contributed by atoms with Gasteiger partial charge in [0.15, 0.2) is 4.96 Å². The Hall–Kier alpha value is -2.29. The third-order valence-electron chi connectivity index (χ3n) is 3.70. The van der Waals surface area contributed by atoms with E-state index >= 15 is 0 Å². The van der Waals surface area contributed by atoms with Crippen LogP contribution in [0.1, 0.15) is 33.7 Å². The molecule has 1 amide bonds. The van der Waals surface area contributed by atoms with Crippen LogP contribution in [0.3, 0.4) is 0 Å². The van der Waals surface area contributed by atoms with Gasteiger partial charge in [-0.2, -0.15) is 0 Å². The summed E-state index contributed by atoms with van der Waals surface area (Å²) in [4.78, 5) is 34.7. The highest BCUT2D eigenvalue weighted by molar-refractivity contribution is 7.17. The smallest absolute Gasteiger partial charge is 0.269 e. The predicted molar refractivity (Wildman–Crippen MR) is 102 cm³/mol. The first-order chi connectivity index (χ1) is 12.5. The zero-order valence-corrected chi connectivity index (χ0v) is 15.9. The molecule has 0 aromatic carbocycles. The predicted octanol–water partition coefficient (Wildman–Crippen LogP) is 2.15. The van der Waals surface area contributed by atoms with Crippen LogP contribution in [0.25, 0.3) is 4.96 Å². The van der Waals surface area contributed by atoms with Crippen molar-refractivity contribution >= 4 is 33.8 Å². The number of halogens is 1. The van der Waals surface area contributed by atoms with Gasteiger partial charge in [-0.15, -0.1) is 11.3 Å². The summed E-state index contributed by atoms with van der Waals surface area (Å²) in [6.07, 6.45) is 1.59. The quantitative estimate of drug-likeness (QED) is 0.672. The third kappa shape index (κ3) is 3.92. The minimum absolute atomic E-state index is 0.262. The molecular weight excluding hydrogens is 374 g/mol. The standard InChI is InChI=1S/C17H18ClN5O2S/c1-3-20-16(25)15-10(2)26-17-22-13(6-14(24)23(15)17)9-19-8-12-5-4-11(18)7-21-12/h4-7,19H,3,8-9H2,1-2H3,(H,20,25). The summed E-state index contributed by atoms with van der Waals surface area (Å²) in [5.74, 6) is -0.264. The van der Waals surface area contributed by atoms with E-state index in [1.165, 1.54) is 21.8 Å². The van der Waals surface area contributed by atoms with Gasteiger partial charge in [0.1, 0.15) is 5.69 Å². The third-order valence-corrected chi connectivity index (χ3v) is 4.88. The van der Waals surface area contributed by atoms with Crippen LogP contribution in [-0.2, 0) is 13.1 Å². The van der Waals surface area contributed by atoms with Gasteiger partial charge in [0.25, 0.3) is 11.5 Å². The van der Waals surface area contributed by atoms with Crippen LogP contribution in [0.2, 0.25) is 5.02 Å². The Kier molecular flexibility index (Phi) is 5.65. The average molecular weight is 392 g/mol. The van der Waals surface area contributed by atoms with Gasteiger partial charge in [-0.25, -0.2) is 9.38 Å². The molecule has 0 aliphatic heterocycles. The van der Waals surface area contributed by atoms with E-state index in [0.717, 1.165) is 10.6 Å². The van der Waals surface area contributed by atoms with Gasteiger partial charge in [0.05, 0.1) is 16.4 Å². The van der Waals surface area contributed by atoms with Gasteiger partial charge < -0.3 is 10.6 Å². The van der Waals surface area contributed by atoms with E-state index in [1.807, 2.05) is 19.9 Å². The van der Waals surface area contributed by atoms with Crippen LogP contribution in [0, 0.1) is 6.92 Å². The molecule has 136 valence electrons. The lowest BCUT2D eigenvalue weighted by Crippen LogP contribution is -2.28. The molecule has 3 rings (SSSR count). The molecule has 3 aromatic rings. The number of aryl methyl sites for hydroxylation is 1. The number of carbonyl (C=O) groups excluding carboxylic acids is 1. The second-order valence-electron chi connectivity index (χ2n) is 5.64. The maximum Gasteiger partial charge on any atom is 0.269 e. The maximum absolute atomic E-state index is 12.5. The molecule has 9 heteroatoms. The van der Waals surface area contributed by atoms with Crippen molar-refractivity contribution in [2.45, 2.75) is 26.9 Å². The van der Waals surface area contributed by atoms with Crippen LogP contribution < -0.4 is 16.2 Å². The molecule has 0 fully saturated rings. The monoisotopic (exact) mass is 391 g/mol. The van der Waals surface area contributed by atoms with Gasteiger partial charge in [-0.1, -0.05) is 11.6 Å². The number of nitrogens with one attached hydrogen (secondary N) is 2. The van der Waals surface area contributed by atoms with Crippen LogP contribution in [0.15, 0.2) is 29.2 Å². The van der Waals surface area contributed by atoms with Crippen LogP contribution in [-0.4, -0.2) is 26.8 Å². The number of amides is 1. The highest BCUT2D eigenvalue weighted by atomic mass is 35.5. The van der Waals surface area contributed by atoms with Crippen molar-refractivity contribution in [3.8, 4) is 0 Å². The van der Waals surface area contributed by atoms with E-state index in [-0.39, 0.29) is 11.5 Å². The molecule has 0 unspecified atom stereocenters.